The van der Waals surface area contributed by atoms with Crippen LogP contribution in [0.3, 0.4) is 0 Å². The van der Waals surface area contributed by atoms with Crippen LogP contribution in [0.2, 0.25) is 0 Å². The molecule has 0 radical (unpaired) electrons. The molecule has 0 aliphatic carbocycles. The number of fused-ring (bicyclic) bond motifs is 2. The van der Waals surface area contributed by atoms with Gasteiger partial charge in [0.1, 0.15) is 18.7 Å². The number of esters is 1. The number of unbranched alkanes of at least 4 members (excludes halogenated alkanes) is 2. The lowest BCUT2D eigenvalue weighted by molar-refractivity contribution is -0.147. The van der Waals surface area contributed by atoms with E-state index < -0.39 is 35.8 Å². The second-order valence-corrected chi connectivity index (χ2v) is 18.8. The monoisotopic (exact) mass is 1040 g/mol. The van der Waals surface area contributed by atoms with E-state index in [9.17, 15) is 43.2 Å². The molecule has 0 bridgehead atoms. The molecule has 21 nitrogen and oxygen atoms in total. The molecule has 0 saturated heterocycles. The van der Waals surface area contributed by atoms with E-state index >= 15 is 0 Å². The zero-order valence-corrected chi connectivity index (χ0v) is 43.0. The molecule has 4 N–H and O–H groups in total. The number of benzene rings is 3. The molecule has 402 valence electrons. The maximum atomic E-state index is 13.2. The number of aliphatic carboxylic acids is 1. The fraction of sp³-hybridized carbons (Fsp3) is 0.463. The zero-order valence-electron chi connectivity index (χ0n) is 43.0. The van der Waals surface area contributed by atoms with Crippen LogP contribution >= 0.6 is 0 Å². The lowest BCUT2D eigenvalue weighted by atomic mass is 10.0. The highest BCUT2D eigenvalue weighted by molar-refractivity contribution is 6.12. The Bertz CT molecular complexity index is 2630. The zero-order chi connectivity index (χ0) is 54.2. The Morgan fingerprint density at radius 2 is 1.13 bits per heavy atom. The van der Waals surface area contributed by atoms with E-state index in [1.807, 2.05) is 24.3 Å². The quantitative estimate of drug-likeness (QED) is 0.0437. The van der Waals surface area contributed by atoms with Gasteiger partial charge >= 0.3 is 11.9 Å². The van der Waals surface area contributed by atoms with Crippen molar-refractivity contribution in [2.75, 3.05) is 39.3 Å². The smallest absolute Gasteiger partial charge is 0.306 e. The van der Waals surface area contributed by atoms with E-state index in [0.29, 0.717) is 99.3 Å². The molecule has 3 aromatic rings. The normalized spacial score (nSPS) is 14.2. The molecule has 0 unspecified atom stereocenters. The van der Waals surface area contributed by atoms with Crippen molar-refractivity contribution in [2.24, 2.45) is 5.92 Å². The summed E-state index contributed by atoms with van der Waals surface area (Å²) in [5.74, 6) is -2.23. The van der Waals surface area contributed by atoms with Crippen LogP contribution in [0, 0.1) is 5.92 Å². The average molecular weight is 1040 g/mol. The van der Waals surface area contributed by atoms with Gasteiger partial charge < -0.3 is 54.5 Å². The van der Waals surface area contributed by atoms with Crippen molar-refractivity contribution >= 4 is 59.0 Å². The maximum Gasteiger partial charge on any atom is 0.306 e. The van der Waals surface area contributed by atoms with Crippen LogP contribution in [0.4, 0.5) is 5.69 Å². The highest BCUT2D eigenvalue weighted by Crippen LogP contribution is 2.37. The molecule has 3 aromatic carbocycles. The van der Waals surface area contributed by atoms with Gasteiger partial charge in [-0.1, -0.05) is 32.4 Å². The Hall–Kier alpha value is -7.97. The van der Waals surface area contributed by atoms with Crippen molar-refractivity contribution in [1.29, 1.82) is 0 Å². The summed E-state index contributed by atoms with van der Waals surface area (Å²) >= 11 is 0. The van der Waals surface area contributed by atoms with Gasteiger partial charge in [0.05, 0.1) is 40.3 Å². The molecule has 0 spiro atoms. The summed E-state index contributed by atoms with van der Waals surface area (Å²) in [6.07, 6.45) is 4.32. The molecule has 0 aromatic heterocycles. The van der Waals surface area contributed by atoms with Crippen molar-refractivity contribution in [3.8, 4) is 23.0 Å². The van der Waals surface area contributed by atoms with E-state index in [0.717, 1.165) is 27.2 Å². The van der Waals surface area contributed by atoms with Crippen molar-refractivity contribution in [3.05, 3.63) is 88.5 Å². The van der Waals surface area contributed by atoms with Crippen LogP contribution in [-0.4, -0.2) is 119 Å². The Balaban J connectivity index is 0.860. The second-order valence-electron chi connectivity index (χ2n) is 18.8. The number of imide groups is 1. The lowest BCUT2D eigenvalue weighted by Gasteiger charge is -2.24. The summed E-state index contributed by atoms with van der Waals surface area (Å²) in [4.78, 5) is 116. The van der Waals surface area contributed by atoms with Gasteiger partial charge in [-0.25, -0.2) is 0 Å². The number of rotatable bonds is 28. The molecule has 3 aliphatic heterocycles. The molecule has 0 saturated carbocycles. The van der Waals surface area contributed by atoms with Crippen LogP contribution in [0.15, 0.2) is 60.7 Å². The standard InChI is InChI=1S/C54H66N6O15/c1-33(2)52(57-45(61)10-7-6-8-21-60-48(64)15-16-49(60)65)54(70)55-34(3)53(69)56-40-13-11-35(12-14-40)32-75-51(68)20-18-47(63)59-29-37-25-42(72-5)44(27-39(37)31-59)74-23-9-22-73-43-26-38-30-58(46(62)17-19-50(66)67)28-36(38)24-41(43)71-4/h11-16,24-27,33-34,52H,6-10,17-23,28-32H2,1-5H3,(H,55,70)(H,56,69)(H,57,61)(H,66,67)/t34-,52-/m0/s1. The second kappa shape index (κ2) is 26.8. The van der Waals surface area contributed by atoms with E-state index in [1.165, 1.54) is 33.3 Å². The SMILES string of the molecule is COc1cc2c(cc1OCCCOc1cc3c(cc1OC)CN(C(=O)CCC(=O)OCc1ccc(NC(=O)[C@H](C)NC(=O)[C@@H](NC(=O)CCCCCN4C(=O)C=CC4=O)C(C)C)cc1)C3)CN(C(=O)CCC(=O)O)C2. The van der Waals surface area contributed by atoms with Gasteiger partial charge in [0, 0.05) is 76.2 Å². The van der Waals surface area contributed by atoms with Crippen molar-refractivity contribution < 1.29 is 71.9 Å². The summed E-state index contributed by atoms with van der Waals surface area (Å²) in [5.41, 5.74) is 4.70. The first-order valence-electron chi connectivity index (χ1n) is 25.0. The van der Waals surface area contributed by atoms with Gasteiger partial charge in [-0.2, -0.15) is 0 Å². The minimum Gasteiger partial charge on any atom is -0.493 e. The number of carbonyl (C=O) groups excluding carboxylic acids is 8. The molecule has 2 atom stereocenters. The number of carboxylic acid groups (broad SMARTS) is 1. The first kappa shape index (κ1) is 56.3. The molecule has 0 fully saturated rings. The molecule has 75 heavy (non-hydrogen) atoms. The third kappa shape index (κ3) is 16.0. The lowest BCUT2D eigenvalue weighted by Crippen LogP contribution is -2.53. The van der Waals surface area contributed by atoms with E-state index in [-0.39, 0.29) is 80.7 Å². The predicted octanol–water partition coefficient (Wildman–Crippen LogP) is 4.69. The molecule has 21 heteroatoms. The molecule has 6 rings (SSSR count). The number of hydrogen-bond acceptors (Lipinski definition) is 14. The summed E-state index contributed by atoms with van der Waals surface area (Å²) < 4.78 is 28.7. The van der Waals surface area contributed by atoms with Gasteiger partial charge in [-0.05, 0) is 89.9 Å². The summed E-state index contributed by atoms with van der Waals surface area (Å²) in [6.45, 7) is 7.30. The van der Waals surface area contributed by atoms with E-state index in [1.54, 1.807) is 47.9 Å². The molecular formula is C54H66N6O15. The van der Waals surface area contributed by atoms with Crippen LogP contribution in [-0.2, 0) is 80.7 Å². The highest BCUT2D eigenvalue weighted by atomic mass is 16.5. The number of amides is 7. The first-order valence-corrected chi connectivity index (χ1v) is 25.0. The van der Waals surface area contributed by atoms with Crippen LogP contribution in [0.1, 0.15) is 106 Å². The number of nitrogens with zero attached hydrogens (tertiary/aromatic N) is 3. The van der Waals surface area contributed by atoms with E-state index in [2.05, 4.69) is 16.0 Å². The summed E-state index contributed by atoms with van der Waals surface area (Å²) in [6, 6.07) is 12.2. The van der Waals surface area contributed by atoms with Gasteiger partial charge in [0.25, 0.3) is 11.8 Å². The van der Waals surface area contributed by atoms with Crippen molar-refractivity contribution in [2.45, 2.75) is 123 Å². The third-order valence-electron chi connectivity index (χ3n) is 12.8. The largest absolute Gasteiger partial charge is 0.493 e. The Kier molecular flexibility index (Phi) is 20.1. The number of ether oxygens (including phenoxy) is 5. The van der Waals surface area contributed by atoms with Gasteiger partial charge in [0.15, 0.2) is 23.0 Å². The topological polar surface area (TPSA) is 266 Å². The fourth-order valence-corrected chi connectivity index (χ4v) is 8.57. The molecular weight excluding hydrogens is 973 g/mol. The first-order chi connectivity index (χ1) is 35.9. The Morgan fingerprint density at radius 3 is 1.64 bits per heavy atom. The minimum atomic E-state index is -1.02. The molecule has 7 amide bonds. The fourth-order valence-electron chi connectivity index (χ4n) is 8.57. The number of methoxy groups -OCH3 is 2. The number of nitrogens with one attached hydrogen (secondary N) is 3. The predicted molar refractivity (Wildman–Crippen MR) is 270 cm³/mol. The van der Waals surface area contributed by atoms with Crippen molar-refractivity contribution in [3.63, 3.8) is 0 Å². The summed E-state index contributed by atoms with van der Waals surface area (Å²) in [5, 5.41) is 17.1. The van der Waals surface area contributed by atoms with Crippen LogP contribution < -0.4 is 34.9 Å². The minimum absolute atomic E-state index is 0.0530. The van der Waals surface area contributed by atoms with Crippen molar-refractivity contribution in [1.82, 2.24) is 25.3 Å². The van der Waals surface area contributed by atoms with Gasteiger partial charge in [-0.15, -0.1) is 0 Å². The summed E-state index contributed by atoms with van der Waals surface area (Å²) in [7, 11) is 3.07. The number of anilines is 1. The maximum absolute atomic E-state index is 13.2. The van der Waals surface area contributed by atoms with E-state index in [4.69, 9.17) is 28.8 Å². The van der Waals surface area contributed by atoms with Crippen LogP contribution in [0.25, 0.3) is 0 Å². The number of hydrogen-bond donors (Lipinski definition) is 4. The highest BCUT2D eigenvalue weighted by Gasteiger charge is 2.30. The van der Waals surface area contributed by atoms with Gasteiger partial charge in [-0.3, -0.25) is 48.1 Å². The molecule has 3 heterocycles. The Morgan fingerprint density at radius 1 is 0.613 bits per heavy atom. The van der Waals surface area contributed by atoms with Crippen LogP contribution in [0.5, 0.6) is 23.0 Å². The Labute approximate surface area is 435 Å². The number of carboxylic acids is 1. The number of carbonyl (C=O) groups is 9. The third-order valence-corrected chi connectivity index (χ3v) is 12.8. The average Bonchev–Trinajstić information content (AvgIpc) is 4.10. The van der Waals surface area contributed by atoms with Gasteiger partial charge in [0.2, 0.25) is 29.5 Å². The molecule has 3 aliphatic rings.